The second kappa shape index (κ2) is 22.6. The van der Waals surface area contributed by atoms with Crippen LogP contribution in [0.15, 0.2) is 109 Å². The van der Waals surface area contributed by atoms with Gasteiger partial charge >= 0.3 is 12.4 Å². The molecular formula is C60H46F12N10O4. The van der Waals surface area contributed by atoms with Gasteiger partial charge in [0.1, 0.15) is 48.0 Å². The summed E-state index contributed by atoms with van der Waals surface area (Å²) in [6.45, 7) is -1.06. The van der Waals surface area contributed by atoms with Crippen LogP contribution in [0.25, 0.3) is 22.3 Å². The molecule has 2 saturated carbocycles. The summed E-state index contributed by atoms with van der Waals surface area (Å²) in [6, 6.07) is 17.2. The second-order valence-corrected chi connectivity index (χ2v) is 21.5. The van der Waals surface area contributed by atoms with Gasteiger partial charge in [0.15, 0.2) is 11.4 Å². The van der Waals surface area contributed by atoms with Gasteiger partial charge in [0.2, 0.25) is 11.8 Å². The maximum atomic E-state index is 14.2. The van der Waals surface area contributed by atoms with Crippen LogP contribution in [-0.4, -0.2) is 53.2 Å². The maximum Gasteiger partial charge on any atom is 0.435 e. The zero-order valence-electron chi connectivity index (χ0n) is 44.5. The van der Waals surface area contributed by atoms with Crippen molar-refractivity contribution < 1.29 is 71.9 Å². The highest BCUT2D eigenvalue weighted by molar-refractivity contribution is 5.95. The minimum absolute atomic E-state index is 0.108. The number of fused-ring (bicyclic) bond motifs is 6. The molecule has 0 spiro atoms. The highest BCUT2D eigenvalue weighted by Gasteiger charge is 2.55. The summed E-state index contributed by atoms with van der Waals surface area (Å²) >= 11 is 0. The minimum atomic E-state index is -4.67. The molecule has 0 radical (unpaired) electrons. The number of aromatic nitrogens is 6. The van der Waals surface area contributed by atoms with Crippen molar-refractivity contribution >= 4 is 23.6 Å². The summed E-state index contributed by atoms with van der Waals surface area (Å²) < 4.78 is 169. The van der Waals surface area contributed by atoms with E-state index in [1.165, 1.54) is 36.7 Å². The molecule has 8 aromatic rings. The van der Waals surface area contributed by atoms with E-state index >= 15 is 0 Å². The van der Waals surface area contributed by atoms with Crippen LogP contribution >= 0.6 is 0 Å². The number of benzene rings is 4. The number of amides is 4. The lowest BCUT2D eigenvalue weighted by molar-refractivity contribution is -0.143. The quantitative estimate of drug-likeness (QED) is 0.0683. The third kappa shape index (κ3) is 12.1. The number of nitrogens with two attached hydrogens (primary N) is 2. The van der Waals surface area contributed by atoms with Crippen LogP contribution in [-0.2, 0) is 60.7 Å². The maximum absolute atomic E-state index is 14.2. The standard InChI is InChI=1S/2C30H23F6N5O2/c2*31-17-6-14(7-18(32)12-17)8-23(27-19(2-1-5-38-27)15-3-4-22(33)21(9-15)29(37)43)39-25(42)13-41-24-11-16-10-20(16)26(24)28(40-41)30(34,35)36/h2*1-7,9,12,16,20,23H,8,10-11,13H2,(H2,37,43)(H,39,42)/t2*16?,20?,23-/m00/s1. The lowest BCUT2D eigenvalue weighted by atomic mass is 9.94. The van der Waals surface area contributed by atoms with Crippen molar-refractivity contribution in [1.82, 2.24) is 40.2 Å². The van der Waals surface area contributed by atoms with Crippen molar-refractivity contribution in [1.29, 1.82) is 0 Å². The molecule has 26 heteroatoms. The van der Waals surface area contributed by atoms with Crippen molar-refractivity contribution in [3.05, 3.63) is 212 Å². The van der Waals surface area contributed by atoms with E-state index in [4.69, 9.17) is 11.5 Å². The third-order valence-corrected chi connectivity index (χ3v) is 15.6. The molecular weight excluding hydrogens is 1150 g/mol. The van der Waals surface area contributed by atoms with Crippen LogP contribution in [0.1, 0.15) is 114 Å². The normalized spacial score (nSPS) is 17.7. The van der Waals surface area contributed by atoms with E-state index in [2.05, 4.69) is 30.8 Å². The van der Waals surface area contributed by atoms with Gasteiger partial charge in [0, 0.05) is 58.2 Å². The molecule has 444 valence electrons. The van der Waals surface area contributed by atoms with Crippen LogP contribution < -0.4 is 22.1 Å². The zero-order chi connectivity index (χ0) is 61.3. The number of alkyl halides is 6. The number of rotatable bonds is 16. The first kappa shape index (κ1) is 58.4. The predicted molar refractivity (Wildman–Crippen MR) is 282 cm³/mol. The largest absolute Gasteiger partial charge is 0.435 e. The highest BCUT2D eigenvalue weighted by atomic mass is 19.4. The van der Waals surface area contributed by atoms with Gasteiger partial charge in [0.05, 0.1) is 34.6 Å². The predicted octanol–water partition coefficient (Wildman–Crippen LogP) is 10.5. The lowest BCUT2D eigenvalue weighted by Crippen LogP contribution is -2.34. The Hall–Kier alpha value is -9.36. The van der Waals surface area contributed by atoms with Crippen LogP contribution in [0.2, 0.25) is 0 Å². The number of hydrogen-bond acceptors (Lipinski definition) is 8. The van der Waals surface area contributed by atoms with Gasteiger partial charge in [0.25, 0.3) is 11.8 Å². The molecule has 6 atom stereocenters. The number of hydrogen-bond donors (Lipinski definition) is 4. The van der Waals surface area contributed by atoms with E-state index in [-0.39, 0.29) is 81.3 Å². The number of nitrogens with one attached hydrogen (secondary N) is 2. The molecule has 0 bridgehead atoms. The van der Waals surface area contributed by atoms with Crippen molar-refractivity contribution in [2.75, 3.05) is 0 Å². The molecule has 14 nitrogen and oxygen atoms in total. The fourth-order valence-electron chi connectivity index (χ4n) is 11.8. The molecule has 4 unspecified atom stereocenters. The van der Waals surface area contributed by atoms with Crippen molar-refractivity contribution in [2.24, 2.45) is 23.3 Å². The van der Waals surface area contributed by atoms with Gasteiger partial charge in [-0.2, -0.15) is 36.5 Å². The molecule has 4 amide bonds. The van der Waals surface area contributed by atoms with Crippen LogP contribution in [0, 0.1) is 46.7 Å². The highest BCUT2D eigenvalue weighted by Crippen LogP contribution is 2.60. The Morgan fingerprint density at radius 2 is 0.907 bits per heavy atom. The first-order valence-electron chi connectivity index (χ1n) is 26.7. The first-order chi connectivity index (χ1) is 40.8. The topological polar surface area (TPSA) is 206 Å². The molecule has 6 N–H and O–H groups in total. The monoisotopic (exact) mass is 1200 g/mol. The Bertz CT molecular complexity index is 3750. The Kier molecular flexibility index (Phi) is 15.3. The van der Waals surface area contributed by atoms with E-state index in [0.29, 0.717) is 71.5 Å². The first-order valence-corrected chi connectivity index (χ1v) is 26.7. The fraction of sp³-hybridized carbons (Fsp3) is 0.267. The average Bonchev–Trinajstić information content (AvgIpc) is 1.59. The Balaban J connectivity index is 0.000000179. The third-order valence-electron chi connectivity index (χ3n) is 15.6. The molecule has 4 heterocycles. The van der Waals surface area contributed by atoms with Gasteiger partial charge in [-0.1, -0.05) is 24.3 Å². The Morgan fingerprint density at radius 1 is 0.535 bits per heavy atom. The van der Waals surface area contributed by atoms with E-state index in [1.54, 1.807) is 24.3 Å². The number of halogens is 12. The summed E-state index contributed by atoms with van der Waals surface area (Å²) in [5.74, 6) is -8.74. The van der Waals surface area contributed by atoms with Crippen molar-refractivity contribution in [3.8, 4) is 22.3 Å². The Morgan fingerprint density at radius 3 is 1.26 bits per heavy atom. The van der Waals surface area contributed by atoms with E-state index < -0.39 is 107 Å². The van der Waals surface area contributed by atoms with Gasteiger partial charge in [-0.15, -0.1) is 0 Å². The molecule has 0 aliphatic heterocycles. The van der Waals surface area contributed by atoms with Crippen LogP contribution in [0.5, 0.6) is 0 Å². The van der Waals surface area contributed by atoms with Gasteiger partial charge in [-0.25, -0.2) is 26.3 Å². The number of carbonyl (C=O) groups is 4. The number of primary amides is 2. The lowest BCUT2D eigenvalue weighted by Gasteiger charge is -2.22. The van der Waals surface area contributed by atoms with Gasteiger partial charge in [-0.05, 0) is 145 Å². The number of carbonyl (C=O) groups excluding carboxylic acids is 4. The number of pyridine rings is 2. The summed E-state index contributed by atoms with van der Waals surface area (Å²) in [4.78, 5) is 59.0. The summed E-state index contributed by atoms with van der Waals surface area (Å²) in [5, 5.41) is 13.0. The van der Waals surface area contributed by atoms with Crippen LogP contribution in [0.4, 0.5) is 52.7 Å². The molecule has 4 aromatic heterocycles. The van der Waals surface area contributed by atoms with Crippen molar-refractivity contribution in [2.45, 2.75) is 87.9 Å². The Labute approximate surface area is 479 Å². The van der Waals surface area contributed by atoms with Gasteiger partial charge < -0.3 is 22.1 Å². The average molecular weight is 1200 g/mol. The summed E-state index contributed by atoms with van der Waals surface area (Å²) in [7, 11) is 0. The molecule has 86 heavy (non-hydrogen) atoms. The smallest absolute Gasteiger partial charge is 0.366 e. The fourth-order valence-corrected chi connectivity index (χ4v) is 11.8. The molecule has 4 aliphatic carbocycles. The van der Waals surface area contributed by atoms with E-state index in [0.717, 1.165) is 45.8 Å². The molecule has 4 aromatic carbocycles. The summed E-state index contributed by atoms with van der Waals surface area (Å²) in [6.07, 6.45) is -4.76. The zero-order valence-corrected chi connectivity index (χ0v) is 44.5. The minimum Gasteiger partial charge on any atom is -0.366 e. The van der Waals surface area contributed by atoms with Gasteiger partial charge in [-0.3, -0.25) is 38.5 Å². The van der Waals surface area contributed by atoms with E-state index in [1.807, 2.05) is 0 Å². The van der Waals surface area contributed by atoms with E-state index in [9.17, 15) is 71.9 Å². The molecule has 4 aliphatic rings. The SMILES string of the molecule is NC(=O)c1cc(-c2cccnc2[C@H](Cc2cc(F)cc(F)c2)NC(=O)Cn2nc(C(F)(F)F)c3c2CC2CC32)ccc1F.NC(=O)c1cc(-c2cccnc2[C@H](Cc2cc(F)cc(F)c2)NC(=O)Cn2nc(C(F)(F)F)c3c2CC2CC32)ccc1F. The van der Waals surface area contributed by atoms with Crippen molar-refractivity contribution in [3.63, 3.8) is 0 Å². The van der Waals surface area contributed by atoms with Crippen LogP contribution in [0.3, 0.4) is 0 Å². The summed E-state index contributed by atoms with van der Waals surface area (Å²) in [5.41, 5.74) is 11.0. The number of nitrogens with zero attached hydrogens (tertiary/aromatic N) is 6. The molecule has 0 saturated heterocycles. The molecule has 2 fully saturated rings. The molecule has 12 rings (SSSR count). The second-order valence-electron chi connectivity index (χ2n) is 21.5.